The predicted octanol–water partition coefficient (Wildman–Crippen LogP) is 3.75. The van der Waals surface area contributed by atoms with E-state index in [9.17, 15) is 9.59 Å². The number of benzene rings is 2. The van der Waals surface area contributed by atoms with E-state index in [0.29, 0.717) is 25.3 Å². The Morgan fingerprint density at radius 2 is 1.64 bits per heavy atom. The van der Waals surface area contributed by atoms with Crippen molar-refractivity contribution >= 4 is 17.5 Å². The number of para-hydroxylation sites is 1. The van der Waals surface area contributed by atoms with Crippen LogP contribution in [0, 0.1) is 0 Å². The highest BCUT2D eigenvalue weighted by Crippen LogP contribution is 2.24. The molecule has 132 valence electrons. The summed E-state index contributed by atoms with van der Waals surface area (Å²) in [5.41, 5.74) is 0.776. The number of anilines is 1. The van der Waals surface area contributed by atoms with E-state index in [4.69, 9.17) is 4.74 Å². The Morgan fingerprint density at radius 3 is 2.24 bits per heavy atom. The summed E-state index contributed by atoms with van der Waals surface area (Å²) in [7, 11) is 0. The average molecular weight is 340 g/mol. The van der Waals surface area contributed by atoms with Gasteiger partial charge in [0.1, 0.15) is 11.5 Å². The molecule has 0 saturated heterocycles. The Bertz CT molecular complexity index is 684. The second kappa shape index (κ2) is 9.47. The first-order valence-corrected chi connectivity index (χ1v) is 8.48. The van der Waals surface area contributed by atoms with Gasteiger partial charge >= 0.3 is 0 Å². The second-order valence-electron chi connectivity index (χ2n) is 5.68. The van der Waals surface area contributed by atoms with E-state index in [1.54, 1.807) is 4.90 Å². The fourth-order valence-corrected chi connectivity index (χ4v) is 2.41. The SMILES string of the molecule is CCCC(=O)NCCN(C(C)=O)c1ccc(Oc2ccccc2)cc1. The molecule has 0 aliphatic rings. The van der Waals surface area contributed by atoms with Crippen molar-refractivity contribution in [2.24, 2.45) is 0 Å². The molecule has 0 atom stereocenters. The molecule has 0 heterocycles. The summed E-state index contributed by atoms with van der Waals surface area (Å²) in [6, 6.07) is 16.9. The van der Waals surface area contributed by atoms with E-state index >= 15 is 0 Å². The van der Waals surface area contributed by atoms with Crippen LogP contribution >= 0.6 is 0 Å². The zero-order valence-electron chi connectivity index (χ0n) is 14.7. The van der Waals surface area contributed by atoms with Crippen LogP contribution in [0.3, 0.4) is 0 Å². The van der Waals surface area contributed by atoms with Crippen LogP contribution in [-0.2, 0) is 9.59 Å². The highest BCUT2D eigenvalue weighted by atomic mass is 16.5. The van der Waals surface area contributed by atoms with Gasteiger partial charge in [-0.3, -0.25) is 9.59 Å². The molecule has 0 fully saturated rings. The minimum atomic E-state index is -0.0681. The third-order valence-corrected chi connectivity index (χ3v) is 3.64. The summed E-state index contributed by atoms with van der Waals surface area (Å²) in [6.07, 6.45) is 1.32. The third-order valence-electron chi connectivity index (χ3n) is 3.64. The summed E-state index contributed by atoms with van der Waals surface area (Å²) in [5.74, 6) is 1.41. The monoisotopic (exact) mass is 340 g/mol. The maximum Gasteiger partial charge on any atom is 0.223 e. The molecule has 0 unspecified atom stereocenters. The number of nitrogens with zero attached hydrogens (tertiary/aromatic N) is 1. The van der Waals surface area contributed by atoms with Gasteiger partial charge in [0, 0.05) is 32.1 Å². The molecular weight excluding hydrogens is 316 g/mol. The lowest BCUT2D eigenvalue weighted by Gasteiger charge is -2.21. The van der Waals surface area contributed by atoms with Gasteiger partial charge in [-0.1, -0.05) is 25.1 Å². The largest absolute Gasteiger partial charge is 0.457 e. The summed E-state index contributed by atoms with van der Waals surface area (Å²) < 4.78 is 5.75. The van der Waals surface area contributed by atoms with Crippen molar-refractivity contribution in [3.8, 4) is 11.5 Å². The summed E-state index contributed by atoms with van der Waals surface area (Å²) in [6.45, 7) is 4.34. The zero-order valence-corrected chi connectivity index (χ0v) is 14.7. The van der Waals surface area contributed by atoms with E-state index in [-0.39, 0.29) is 11.8 Å². The van der Waals surface area contributed by atoms with Crippen LogP contribution in [0.2, 0.25) is 0 Å². The smallest absolute Gasteiger partial charge is 0.223 e. The molecule has 2 aromatic rings. The molecule has 0 saturated carbocycles. The molecular formula is C20H24N2O3. The first kappa shape index (κ1) is 18.5. The maximum atomic E-state index is 11.9. The molecule has 2 amide bonds. The van der Waals surface area contributed by atoms with Gasteiger partial charge in [0.25, 0.3) is 0 Å². The van der Waals surface area contributed by atoms with E-state index in [1.165, 1.54) is 6.92 Å². The first-order chi connectivity index (χ1) is 12.1. The van der Waals surface area contributed by atoms with E-state index in [2.05, 4.69) is 5.32 Å². The lowest BCUT2D eigenvalue weighted by Crippen LogP contribution is -2.37. The van der Waals surface area contributed by atoms with Crippen molar-refractivity contribution < 1.29 is 14.3 Å². The van der Waals surface area contributed by atoms with Gasteiger partial charge in [-0.15, -0.1) is 0 Å². The Balaban J connectivity index is 1.96. The quantitative estimate of drug-likeness (QED) is 0.796. The van der Waals surface area contributed by atoms with Gasteiger partial charge in [0.2, 0.25) is 11.8 Å². The van der Waals surface area contributed by atoms with Crippen LogP contribution in [0.15, 0.2) is 54.6 Å². The van der Waals surface area contributed by atoms with E-state index < -0.39 is 0 Å². The number of nitrogens with one attached hydrogen (secondary N) is 1. The number of hydrogen-bond donors (Lipinski definition) is 1. The van der Waals surface area contributed by atoms with Crippen molar-refractivity contribution in [2.45, 2.75) is 26.7 Å². The minimum Gasteiger partial charge on any atom is -0.457 e. The fraction of sp³-hybridized carbons (Fsp3) is 0.300. The normalized spacial score (nSPS) is 10.2. The molecule has 0 radical (unpaired) electrons. The molecule has 2 rings (SSSR count). The number of hydrogen-bond acceptors (Lipinski definition) is 3. The maximum absolute atomic E-state index is 11.9. The molecule has 25 heavy (non-hydrogen) atoms. The molecule has 5 nitrogen and oxygen atoms in total. The lowest BCUT2D eigenvalue weighted by molar-refractivity contribution is -0.121. The molecule has 0 spiro atoms. The molecule has 0 bridgehead atoms. The van der Waals surface area contributed by atoms with Gasteiger partial charge in [-0.05, 0) is 42.8 Å². The molecule has 0 aliphatic heterocycles. The molecule has 0 aliphatic carbocycles. The van der Waals surface area contributed by atoms with Crippen LogP contribution < -0.4 is 15.0 Å². The minimum absolute atomic E-state index is 0.0117. The molecule has 5 heteroatoms. The molecule has 1 N–H and O–H groups in total. The first-order valence-electron chi connectivity index (χ1n) is 8.48. The Labute approximate surface area is 148 Å². The topological polar surface area (TPSA) is 58.6 Å². The van der Waals surface area contributed by atoms with Crippen molar-refractivity contribution in [1.29, 1.82) is 0 Å². The average Bonchev–Trinajstić information content (AvgIpc) is 2.60. The van der Waals surface area contributed by atoms with Crippen LogP contribution in [0.25, 0.3) is 0 Å². The van der Waals surface area contributed by atoms with Crippen LogP contribution in [0.1, 0.15) is 26.7 Å². The Hall–Kier alpha value is -2.82. The number of amides is 2. The van der Waals surface area contributed by atoms with Gasteiger partial charge < -0.3 is 15.0 Å². The van der Waals surface area contributed by atoms with Crippen molar-refractivity contribution in [2.75, 3.05) is 18.0 Å². The van der Waals surface area contributed by atoms with Crippen molar-refractivity contribution in [1.82, 2.24) is 5.32 Å². The second-order valence-corrected chi connectivity index (χ2v) is 5.68. The summed E-state index contributed by atoms with van der Waals surface area (Å²) in [5, 5.41) is 2.83. The standard InChI is InChI=1S/C20H24N2O3/c1-3-7-20(24)21-14-15-22(16(2)23)17-10-12-19(13-11-17)25-18-8-5-4-6-9-18/h4-6,8-13H,3,7,14-15H2,1-2H3,(H,21,24). The van der Waals surface area contributed by atoms with Gasteiger partial charge in [0.05, 0.1) is 0 Å². The molecule has 2 aromatic carbocycles. The predicted molar refractivity (Wildman–Crippen MR) is 98.9 cm³/mol. The number of rotatable bonds is 8. The zero-order chi connectivity index (χ0) is 18.1. The Morgan fingerprint density at radius 1 is 1.00 bits per heavy atom. The van der Waals surface area contributed by atoms with Gasteiger partial charge in [-0.2, -0.15) is 0 Å². The summed E-state index contributed by atoms with van der Waals surface area (Å²) in [4.78, 5) is 25.1. The highest BCUT2D eigenvalue weighted by molar-refractivity contribution is 5.91. The number of carbonyl (C=O) groups excluding carboxylic acids is 2. The van der Waals surface area contributed by atoms with Crippen LogP contribution in [0.4, 0.5) is 5.69 Å². The third kappa shape index (κ3) is 5.95. The van der Waals surface area contributed by atoms with Crippen molar-refractivity contribution in [3.63, 3.8) is 0 Å². The summed E-state index contributed by atoms with van der Waals surface area (Å²) >= 11 is 0. The van der Waals surface area contributed by atoms with Crippen LogP contribution in [0.5, 0.6) is 11.5 Å². The molecule has 0 aromatic heterocycles. The lowest BCUT2D eigenvalue weighted by atomic mass is 10.2. The fourth-order valence-electron chi connectivity index (χ4n) is 2.41. The van der Waals surface area contributed by atoms with Crippen LogP contribution in [-0.4, -0.2) is 24.9 Å². The van der Waals surface area contributed by atoms with E-state index in [0.717, 1.165) is 17.9 Å². The number of ether oxygens (including phenoxy) is 1. The Kier molecular flexibility index (Phi) is 7.01. The van der Waals surface area contributed by atoms with Gasteiger partial charge in [0.15, 0.2) is 0 Å². The number of carbonyl (C=O) groups is 2. The van der Waals surface area contributed by atoms with Gasteiger partial charge in [-0.25, -0.2) is 0 Å². The highest BCUT2D eigenvalue weighted by Gasteiger charge is 2.12. The van der Waals surface area contributed by atoms with Crippen molar-refractivity contribution in [3.05, 3.63) is 54.6 Å². The van der Waals surface area contributed by atoms with E-state index in [1.807, 2.05) is 61.5 Å².